The van der Waals surface area contributed by atoms with Crippen LogP contribution in [-0.4, -0.2) is 44.7 Å². The molecule has 3 rings (SSSR count). The molecule has 6 nitrogen and oxygen atoms in total. The Kier molecular flexibility index (Phi) is 4.57. The summed E-state index contributed by atoms with van der Waals surface area (Å²) < 4.78 is 23.2. The molecule has 0 aromatic rings. The number of carbonyl (C=O) groups excluding carboxylic acids is 1. The number of allylic oxidation sites excluding steroid dienone is 3. The zero-order valence-corrected chi connectivity index (χ0v) is 14.9. The Morgan fingerprint density at radius 3 is 3.00 bits per heavy atom. The van der Waals surface area contributed by atoms with Crippen LogP contribution in [0.2, 0.25) is 0 Å². The van der Waals surface area contributed by atoms with Crippen LogP contribution in [0, 0.1) is 0 Å². The van der Waals surface area contributed by atoms with Crippen LogP contribution in [0.15, 0.2) is 33.4 Å². The zero-order valence-electron chi connectivity index (χ0n) is 13.3. The maximum Gasteiger partial charge on any atom is 0.495 e. The fraction of sp³-hybridized carbons (Fsp3) is 0.533. The minimum Gasteiger partial charge on any atom is -0.497 e. The van der Waals surface area contributed by atoms with E-state index in [1.807, 2.05) is 26.8 Å². The summed E-state index contributed by atoms with van der Waals surface area (Å²) in [5, 5.41) is 2.73. The van der Waals surface area contributed by atoms with E-state index in [2.05, 4.69) is 21.2 Å². The van der Waals surface area contributed by atoms with Crippen molar-refractivity contribution in [3.63, 3.8) is 0 Å². The fourth-order valence-corrected chi connectivity index (χ4v) is 3.24. The number of nitrogens with one attached hydrogen (secondary N) is 1. The maximum atomic E-state index is 11.8. The molecule has 23 heavy (non-hydrogen) atoms. The van der Waals surface area contributed by atoms with E-state index in [-0.39, 0.29) is 12.6 Å². The predicted molar refractivity (Wildman–Crippen MR) is 88.9 cm³/mol. The molecule has 1 N–H and O–H groups in total. The third-order valence-corrected chi connectivity index (χ3v) is 4.50. The molecule has 0 aromatic carbocycles. The molecule has 0 saturated carbocycles. The van der Waals surface area contributed by atoms with Gasteiger partial charge in [0.05, 0.1) is 25.5 Å². The van der Waals surface area contributed by atoms with Crippen molar-refractivity contribution >= 4 is 29.1 Å². The number of hydrogen-bond donors (Lipinski definition) is 1. The summed E-state index contributed by atoms with van der Waals surface area (Å²) >= 11 is 3.59. The third-order valence-electron chi connectivity index (χ3n) is 3.56. The molecule has 1 atom stereocenters. The molecule has 3 aliphatic heterocycles. The first kappa shape index (κ1) is 16.6. The van der Waals surface area contributed by atoms with Gasteiger partial charge in [-0.3, -0.25) is 0 Å². The first-order valence-corrected chi connectivity index (χ1v) is 8.28. The second-order valence-corrected chi connectivity index (χ2v) is 7.40. The van der Waals surface area contributed by atoms with Crippen LogP contribution >= 0.6 is 15.9 Å². The minimum absolute atomic E-state index is 0.288. The first-order valence-electron chi connectivity index (χ1n) is 7.49. The standard InChI is InChI=1S/C15H19BBrNO5/c1-15(2,3)22-14(19)18-6-11-13(17)10-4-5-20-7-9-8-21-16(23-11)12(9)10/h4-5,11H,6-8H2,1-3H3,(H,18,19)/t11-/m0/s1. The van der Waals surface area contributed by atoms with E-state index < -0.39 is 18.8 Å². The van der Waals surface area contributed by atoms with Gasteiger partial charge in [0, 0.05) is 4.48 Å². The summed E-state index contributed by atoms with van der Waals surface area (Å²) in [6.45, 7) is 6.76. The van der Waals surface area contributed by atoms with Crippen molar-refractivity contribution in [2.75, 3.05) is 19.8 Å². The smallest absolute Gasteiger partial charge is 0.495 e. The van der Waals surface area contributed by atoms with Crippen LogP contribution in [0.4, 0.5) is 4.79 Å². The number of rotatable bonds is 2. The lowest BCUT2D eigenvalue weighted by molar-refractivity contribution is 0.0503. The van der Waals surface area contributed by atoms with Gasteiger partial charge in [-0.2, -0.15) is 0 Å². The van der Waals surface area contributed by atoms with E-state index in [9.17, 15) is 4.79 Å². The molecule has 8 heteroatoms. The van der Waals surface area contributed by atoms with Crippen LogP contribution < -0.4 is 5.32 Å². The summed E-state index contributed by atoms with van der Waals surface area (Å²) in [5.74, 6) is 0. The SMILES string of the molecule is CC(C)(C)OC(=O)NC[C@@H]1OB2OCC3=C2C(=C1Br)C=COC3. The lowest BCUT2D eigenvalue weighted by Gasteiger charge is -2.29. The highest BCUT2D eigenvalue weighted by Gasteiger charge is 2.43. The summed E-state index contributed by atoms with van der Waals surface area (Å²) in [5.41, 5.74) is 2.58. The number of ether oxygens (including phenoxy) is 2. The average molecular weight is 384 g/mol. The first-order chi connectivity index (χ1) is 10.8. The molecule has 0 fully saturated rings. The van der Waals surface area contributed by atoms with Gasteiger partial charge in [0.2, 0.25) is 0 Å². The van der Waals surface area contributed by atoms with Crippen molar-refractivity contribution in [1.29, 1.82) is 0 Å². The van der Waals surface area contributed by atoms with Crippen molar-refractivity contribution in [2.24, 2.45) is 0 Å². The van der Waals surface area contributed by atoms with Gasteiger partial charge in [-0.15, -0.1) is 0 Å². The predicted octanol–water partition coefficient (Wildman–Crippen LogP) is 2.46. The lowest BCUT2D eigenvalue weighted by Crippen LogP contribution is -2.43. The highest BCUT2D eigenvalue weighted by molar-refractivity contribution is 9.11. The Balaban J connectivity index is 1.73. The molecule has 3 aliphatic rings. The van der Waals surface area contributed by atoms with E-state index in [1.165, 1.54) is 0 Å². The fourth-order valence-electron chi connectivity index (χ4n) is 2.62. The molecule has 0 saturated heterocycles. The van der Waals surface area contributed by atoms with Gasteiger partial charge in [0.25, 0.3) is 0 Å². The van der Waals surface area contributed by atoms with Gasteiger partial charge in [0.1, 0.15) is 12.2 Å². The average Bonchev–Trinajstić information content (AvgIpc) is 2.72. The molecule has 0 aliphatic carbocycles. The Morgan fingerprint density at radius 2 is 2.26 bits per heavy atom. The van der Waals surface area contributed by atoms with Gasteiger partial charge < -0.3 is 24.1 Å². The minimum atomic E-state index is -0.534. The molecule has 0 radical (unpaired) electrons. The molecule has 0 bridgehead atoms. The van der Waals surface area contributed by atoms with E-state index in [4.69, 9.17) is 18.8 Å². The van der Waals surface area contributed by atoms with Gasteiger partial charge in [-0.05, 0) is 43.5 Å². The molecular formula is C15H19BBrNO5. The van der Waals surface area contributed by atoms with Crippen LogP contribution in [-0.2, 0) is 18.8 Å². The summed E-state index contributed by atoms with van der Waals surface area (Å²) in [6, 6.07) is 0. The third kappa shape index (κ3) is 3.64. The Morgan fingerprint density at radius 1 is 1.48 bits per heavy atom. The molecular weight excluding hydrogens is 365 g/mol. The van der Waals surface area contributed by atoms with Crippen LogP contribution in [0.5, 0.6) is 0 Å². The van der Waals surface area contributed by atoms with E-state index in [1.54, 1.807) is 6.26 Å². The number of amides is 1. The molecule has 0 aromatic heterocycles. The Labute approximate surface area is 144 Å². The van der Waals surface area contributed by atoms with Crippen LogP contribution in [0.1, 0.15) is 20.8 Å². The Hall–Kier alpha value is -1.25. The number of alkyl carbamates (subject to hydrolysis) is 1. The van der Waals surface area contributed by atoms with Gasteiger partial charge >= 0.3 is 13.2 Å². The number of halogens is 1. The molecule has 0 spiro atoms. The highest BCUT2D eigenvalue weighted by atomic mass is 79.9. The van der Waals surface area contributed by atoms with Crippen LogP contribution in [0.25, 0.3) is 0 Å². The molecule has 3 heterocycles. The van der Waals surface area contributed by atoms with Crippen LogP contribution in [0.3, 0.4) is 0 Å². The monoisotopic (exact) mass is 383 g/mol. The second kappa shape index (κ2) is 6.34. The topological polar surface area (TPSA) is 66.0 Å². The highest BCUT2D eigenvalue weighted by Crippen LogP contribution is 2.39. The maximum absolute atomic E-state index is 11.8. The van der Waals surface area contributed by atoms with Gasteiger partial charge in [-0.1, -0.05) is 15.9 Å². The van der Waals surface area contributed by atoms with Crippen molar-refractivity contribution in [3.8, 4) is 0 Å². The van der Waals surface area contributed by atoms with Crippen molar-refractivity contribution < 1.29 is 23.6 Å². The van der Waals surface area contributed by atoms with Crippen molar-refractivity contribution in [3.05, 3.63) is 33.4 Å². The van der Waals surface area contributed by atoms with E-state index in [0.717, 1.165) is 21.1 Å². The lowest BCUT2D eigenvalue weighted by atomic mass is 9.70. The summed E-state index contributed by atoms with van der Waals surface area (Å²) in [7, 11) is -0.418. The molecule has 124 valence electrons. The van der Waals surface area contributed by atoms with E-state index in [0.29, 0.717) is 13.2 Å². The van der Waals surface area contributed by atoms with Gasteiger partial charge in [-0.25, -0.2) is 4.79 Å². The quantitative estimate of drug-likeness (QED) is 0.742. The summed E-state index contributed by atoms with van der Waals surface area (Å²) in [4.78, 5) is 11.8. The normalized spacial score (nSPS) is 23.5. The van der Waals surface area contributed by atoms with Gasteiger partial charge in [0.15, 0.2) is 0 Å². The number of hydrogen-bond acceptors (Lipinski definition) is 5. The Bertz CT molecular complexity index is 607. The number of carbonyl (C=O) groups is 1. The second-order valence-electron chi connectivity index (χ2n) is 6.54. The van der Waals surface area contributed by atoms with Crippen molar-refractivity contribution in [1.82, 2.24) is 5.32 Å². The van der Waals surface area contributed by atoms with Crippen molar-refractivity contribution in [2.45, 2.75) is 32.5 Å². The largest absolute Gasteiger partial charge is 0.497 e. The molecule has 1 amide bonds. The molecule has 0 unspecified atom stereocenters. The summed E-state index contributed by atoms with van der Waals surface area (Å²) in [6.07, 6.45) is 2.76. The zero-order chi connectivity index (χ0) is 16.6. The van der Waals surface area contributed by atoms with E-state index >= 15 is 0 Å².